The molecule has 0 unspecified atom stereocenters. The summed E-state index contributed by atoms with van der Waals surface area (Å²) in [5.74, 6) is 0. The van der Waals surface area contributed by atoms with Gasteiger partial charge in [-0.1, -0.05) is 26.0 Å². The summed E-state index contributed by atoms with van der Waals surface area (Å²) in [6.45, 7) is 9.03. The predicted octanol–water partition coefficient (Wildman–Crippen LogP) is 2.81. The number of aliphatic imine (C=N–C) groups is 2. The summed E-state index contributed by atoms with van der Waals surface area (Å²) in [7, 11) is 0. The van der Waals surface area contributed by atoms with E-state index in [2.05, 4.69) is 9.98 Å². The van der Waals surface area contributed by atoms with Crippen LogP contribution in [0.25, 0.3) is 0 Å². The summed E-state index contributed by atoms with van der Waals surface area (Å²) in [5, 5.41) is 0. The molecule has 1 radical (unpaired) electrons. The Morgan fingerprint density at radius 2 is 1.12 bits per heavy atom. The van der Waals surface area contributed by atoms with Gasteiger partial charge in [-0.2, -0.15) is 9.81 Å². The van der Waals surface area contributed by atoms with Crippen molar-refractivity contribution in [2.24, 2.45) is 9.98 Å². The molecule has 5 heteroatoms. The zero-order chi connectivity index (χ0) is 12.6. The first-order chi connectivity index (χ1) is 7.41. The summed E-state index contributed by atoms with van der Waals surface area (Å²) in [6, 6.07) is 0. The molecular weight excluding hydrogens is 295 g/mol. The van der Waals surface area contributed by atoms with Crippen LogP contribution in [0.2, 0.25) is 0 Å². The Bertz CT molecular complexity index is 302. The van der Waals surface area contributed by atoms with Crippen molar-refractivity contribution in [3.8, 4) is 0 Å². The van der Waals surface area contributed by atoms with E-state index in [9.17, 15) is 0 Å². The quantitative estimate of drug-likeness (QED) is 0.443. The van der Waals surface area contributed by atoms with Gasteiger partial charge in [-0.05, 0) is 13.8 Å². The van der Waals surface area contributed by atoms with Crippen molar-refractivity contribution in [3.05, 3.63) is 22.0 Å². The molecule has 0 bridgehead atoms. The van der Waals surface area contributed by atoms with Crippen LogP contribution < -0.4 is 0 Å². The fourth-order valence-electron chi connectivity index (χ4n) is 1.13. The first kappa shape index (κ1) is 19.1. The molecule has 0 saturated carbocycles. The molecule has 0 aliphatic heterocycles. The van der Waals surface area contributed by atoms with E-state index >= 15 is 0 Å². The molecule has 0 saturated heterocycles. The molecule has 97 valence electrons. The Balaban J connectivity index is 0. The van der Waals surface area contributed by atoms with Crippen LogP contribution in [0, 0.1) is 0 Å². The normalized spacial score (nSPS) is 14.6. The minimum atomic E-state index is 0. The summed E-state index contributed by atoms with van der Waals surface area (Å²) < 4.78 is 0. The van der Waals surface area contributed by atoms with Crippen molar-refractivity contribution in [2.45, 2.75) is 27.7 Å². The molecule has 0 amide bonds. The first-order valence-corrected chi connectivity index (χ1v) is 5.96. The molecule has 0 aromatic heterocycles. The van der Waals surface area contributed by atoms with Crippen molar-refractivity contribution >= 4 is 36.7 Å². The van der Waals surface area contributed by atoms with Crippen LogP contribution in [-0.2, 0) is 42.0 Å². The summed E-state index contributed by atoms with van der Waals surface area (Å²) >= 11 is 9.91. The van der Waals surface area contributed by atoms with Crippen molar-refractivity contribution in [3.63, 3.8) is 0 Å². The van der Waals surface area contributed by atoms with Crippen molar-refractivity contribution in [2.75, 3.05) is 13.1 Å². The Kier molecular flexibility index (Phi) is 12.2. The Morgan fingerprint density at radius 1 is 0.824 bits per heavy atom. The molecule has 0 aliphatic carbocycles. The van der Waals surface area contributed by atoms with Gasteiger partial charge in [0.1, 0.15) is 0 Å². The fourth-order valence-corrected chi connectivity index (χ4v) is 1.47. The topological polar surface area (TPSA) is 24.7 Å². The number of hydrogen-bond donors (Lipinski definition) is 0. The third kappa shape index (κ3) is 13.7. The molecule has 0 fully saturated rings. The molecule has 0 heterocycles. The number of rotatable bonds is 5. The van der Waals surface area contributed by atoms with Crippen LogP contribution in [0.5, 0.6) is 0 Å². The maximum atomic E-state index is 4.96. The largest absolute Gasteiger partial charge is 2.00 e. The van der Waals surface area contributed by atoms with Crippen LogP contribution in [0.3, 0.4) is 0 Å². The second-order valence-corrected chi connectivity index (χ2v) is 4.84. The Morgan fingerprint density at radius 3 is 1.35 bits per heavy atom. The molecule has 0 N–H and O–H groups in total. The predicted molar refractivity (Wildman–Crippen MR) is 78.2 cm³/mol. The van der Waals surface area contributed by atoms with Crippen LogP contribution in [0.4, 0.5) is 0 Å². The summed E-state index contributed by atoms with van der Waals surface area (Å²) in [4.78, 5) is 10.4. The van der Waals surface area contributed by atoms with Gasteiger partial charge in [0, 0.05) is 11.4 Å². The Labute approximate surface area is 126 Å². The van der Waals surface area contributed by atoms with Gasteiger partial charge in [0.25, 0.3) is 0 Å². The Hall–Kier alpha value is -0.234. The zero-order valence-corrected chi connectivity index (χ0v) is 13.3. The molecular formula is C12H18CoN2S2. The standard InChI is InChI=1S/C12H20N2S2.Co/c1-9(7-11(3)15)13-5-6-14-10(2)8-12(4)16;/h7-8,15-16H,5-6H2,1-4H3;/q;+2/p-2/b11-7-,12-8-,13-9?,14-10?;. The first-order valence-electron chi connectivity index (χ1n) is 5.14. The van der Waals surface area contributed by atoms with Crippen LogP contribution in [0.15, 0.2) is 31.9 Å². The van der Waals surface area contributed by atoms with E-state index in [1.54, 1.807) is 0 Å². The fraction of sp³-hybridized carbons (Fsp3) is 0.500. The zero-order valence-electron chi connectivity index (χ0n) is 10.6. The van der Waals surface area contributed by atoms with Crippen molar-refractivity contribution in [1.82, 2.24) is 0 Å². The van der Waals surface area contributed by atoms with E-state index < -0.39 is 0 Å². The molecule has 0 atom stereocenters. The number of allylic oxidation sites excluding steroid dienone is 4. The maximum absolute atomic E-state index is 4.96. The van der Waals surface area contributed by atoms with Gasteiger partial charge in [-0.15, -0.1) is 0 Å². The monoisotopic (exact) mass is 313 g/mol. The van der Waals surface area contributed by atoms with Gasteiger partial charge in [-0.3, -0.25) is 9.98 Å². The van der Waals surface area contributed by atoms with E-state index in [1.807, 2.05) is 39.8 Å². The minimum absolute atomic E-state index is 0. The molecule has 2 nitrogen and oxygen atoms in total. The smallest absolute Gasteiger partial charge is 0.784 e. The second kappa shape index (κ2) is 10.9. The van der Waals surface area contributed by atoms with Gasteiger partial charge in [-0.25, -0.2) is 0 Å². The van der Waals surface area contributed by atoms with E-state index in [0.29, 0.717) is 13.1 Å². The summed E-state index contributed by atoms with van der Waals surface area (Å²) in [6.07, 6.45) is 3.78. The number of nitrogens with zero attached hydrogens (tertiary/aromatic N) is 2. The van der Waals surface area contributed by atoms with E-state index in [1.165, 1.54) is 0 Å². The van der Waals surface area contributed by atoms with Crippen LogP contribution in [0.1, 0.15) is 27.7 Å². The van der Waals surface area contributed by atoms with Gasteiger partial charge < -0.3 is 25.3 Å². The van der Waals surface area contributed by atoms with E-state index in [-0.39, 0.29) is 16.8 Å². The van der Waals surface area contributed by atoms with Crippen LogP contribution in [-0.4, -0.2) is 24.5 Å². The van der Waals surface area contributed by atoms with E-state index in [4.69, 9.17) is 25.3 Å². The average Bonchev–Trinajstić information content (AvgIpc) is 2.10. The molecule has 0 spiro atoms. The maximum Gasteiger partial charge on any atom is 2.00 e. The van der Waals surface area contributed by atoms with Gasteiger partial charge in [0.05, 0.1) is 13.1 Å². The average molecular weight is 313 g/mol. The van der Waals surface area contributed by atoms with Crippen molar-refractivity contribution in [1.29, 1.82) is 0 Å². The third-order valence-corrected chi connectivity index (χ3v) is 1.88. The molecule has 0 rings (SSSR count). The number of hydrogen-bond acceptors (Lipinski definition) is 4. The summed E-state index contributed by atoms with van der Waals surface area (Å²) in [5.41, 5.74) is 1.91. The SMILES string of the molecule is CC(/C=C(/C)[S-])=NCCN=C(C)/C=C(/C)[S-].[Co+2]. The minimum Gasteiger partial charge on any atom is -0.784 e. The van der Waals surface area contributed by atoms with E-state index in [0.717, 1.165) is 21.2 Å². The second-order valence-electron chi connectivity index (χ2n) is 3.56. The molecule has 0 aliphatic rings. The molecule has 0 aromatic rings. The van der Waals surface area contributed by atoms with Gasteiger partial charge >= 0.3 is 16.8 Å². The van der Waals surface area contributed by atoms with Crippen LogP contribution >= 0.6 is 0 Å². The van der Waals surface area contributed by atoms with Crippen molar-refractivity contribution < 1.29 is 16.8 Å². The third-order valence-electron chi connectivity index (χ3n) is 1.65. The van der Waals surface area contributed by atoms with Gasteiger partial charge in [0.2, 0.25) is 0 Å². The molecule has 17 heavy (non-hydrogen) atoms. The molecule has 0 aromatic carbocycles. The van der Waals surface area contributed by atoms with Gasteiger partial charge in [0.15, 0.2) is 0 Å².